The van der Waals surface area contributed by atoms with Gasteiger partial charge >= 0.3 is 0 Å². The highest BCUT2D eigenvalue weighted by Gasteiger charge is 2.25. The van der Waals surface area contributed by atoms with Crippen LogP contribution < -0.4 is 20.1 Å². The molecule has 0 unspecified atom stereocenters. The highest BCUT2D eigenvalue weighted by Crippen LogP contribution is 2.33. The third kappa shape index (κ3) is 7.41. The molecule has 0 radical (unpaired) electrons. The molecule has 0 amide bonds. The van der Waals surface area contributed by atoms with E-state index in [0.29, 0.717) is 58.9 Å². The zero-order chi connectivity index (χ0) is 24.9. The fraction of sp³-hybridized carbons (Fsp3) is 0.400. The minimum atomic E-state index is 0.00328. The Labute approximate surface area is 211 Å². The lowest BCUT2D eigenvalue weighted by atomic mass is 9.94. The van der Waals surface area contributed by atoms with Crippen molar-refractivity contribution in [2.75, 3.05) is 32.8 Å². The van der Waals surface area contributed by atoms with E-state index in [-0.39, 0.29) is 5.78 Å². The van der Waals surface area contributed by atoms with Gasteiger partial charge in [0.25, 0.3) is 0 Å². The highest BCUT2D eigenvalue weighted by molar-refractivity contribution is 7.81. The summed E-state index contributed by atoms with van der Waals surface area (Å²) in [5, 5.41) is 6.98. The first-order valence-corrected chi connectivity index (χ1v) is 12.0. The fourth-order valence-electron chi connectivity index (χ4n) is 3.41. The van der Waals surface area contributed by atoms with Crippen LogP contribution in [0.25, 0.3) is 0 Å². The number of nitrogens with one attached hydrogen (secondary N) is 2. The summed E-state index contributed by atoms with van der Waals surface area (Å²) in [5.74, 6) is 1.15. The van der Waals surface area contributed by atoms with Crippen molar-refractivity contribution in [3.05, 3.63) is 58.5 Å². The molecule has 0 saturated heterocycles. The quantitative estimate of drug-likeness (QED) is 0.331. The minimum absolute atomic E-state index is 0.00328. The Kier molecular flexibility index (Phi) is 11.8. The van der Waals surface area contributed by atoms with Crippen LogP contribution in [0.2, 0.25) is 5.02 Å². The van der Waals surface area contributed by atoms with Crippen molar-refractivity contribution < 1.29 is 19.0 Å². The number of ketones is 1. The van der Waals surface area contributed by atoms with Gasteiger partial charge in [0.15, 0.2) is 11.5 Å². The Hall–Kier alpha value is -2.68. The number of carbonyl (C=O) groups excluding carboxylic acids is 1. The van der Waals surface area contributed by atoms with Gasteiger partial charge in [0.05, 0.1) is 36.2 Å². The van der Waals surface area contributed by atoms with E-state index in [1.807, 2.05) is 19.9 Å². The van der Waals surface area contributed by atoms with Crippen LogP contribution in [0.15, 0.2) is 47.9 Å². The number of methoxy groups -OCH3 is 2. The van der Waals surface area contributed by atoms with Crippen LogP contribution in [-0.2, 0) is 16.1 Å². The summed E-state index contributed by atoms with van der Waals surface area (Å²) in [4.78, 5) is 17.2. The molecule has 3 rings (SSSR count). The molecule has 1 aromatic heterocycles. The van der Waals surface area contributed by atoms with E-state index < -0.39 is 0 Å². The van der Waals surface area contributed by atoms with Gasteiger partial charge in [0.1, 0.15) is 17.3 Å². The maximum atomic E-state index is 12.8. The molecule has 7 nitrogen and oxygen atoms in total. The van der Waals surface area contributed by atoms with E-state index >= 15 is 0 Å². The first-order valence-electron chi connectivity index (χ1n) is 11.2. The Morgan fingerprint density at radius 2 is 1.97 bits per heavy atom. The number of ether oxygens (including phenoxy) is 3. The molecule has 0 spiro atoms. The molecular weight excluding hydrogens is 474 g/mol. The van der Waals surface area contributed by atoms with Crippen LogP contribution in [0, 0.1) is 0 Å². The largest absolute Gasteiger partial charge is 0.493 e. The van der Waals surface area contributed by atoms with Crippen LogP contribution in [0.5, 0.6) is 11.5 Å². The maximum Gasteiger partial charge on any atom is 0.167 e. The van der Waals surface area contributed by atoms with Crippen molar-refractivity contribution in [2.45, 2.75) is 39.7 Å². The number of benzene rings is 1. The van der Waals surface area contributed by atoms with Crippen molar-refractivity contribution in [1.82, 2.24) is 10.3 Å². The normalized spacial score (nSPS) is 13.0. The molecule has 0 atom stereocenters. The summed E-state index contributed by atoms with van der Waals surface area (Å²) in [6.07, 6.45) is 5.32. The molecule has 1 aromatic carbocycles. The molecule has 1 aliphatic carbocycles. The topological polar surface area (TPSA) is 81.7 Å². The number of hydrogen-bond acceptors (Lipinski definition) is 7. The number of allylic oxidation sites excluding steroid dienone is 1. The van der Waals surface area contributed by atoms with E-state index in [0.717, 1.165) is 24.1 Å². The van der Waals surface area contributed by atoms with E-state index in [1.54, 1.807) is 37.7 Å². The second kappa shape index (κ2) is 14.6. The van der Waals surface area contributed by atoms with Gasteiger partial charge in [-0.2, -0.15) is 0 Å². The molecule has 1 heterocycles. The average Bonchev–Trinajstić information content (AvgIpc) is 2.85. The fourth-order valence-corrected chi connectivity index (χ4v) is 4.00. The maximum absolute atomic E-state index is 12.8. The van der Waals surface area contributed by atoms with Crippen LogP contribution in [0.1, 0.15) is 38.7 Å². The van der Waals surface area contributed by atoms with Crippen molar-refractivity contribution in [3.8, 4) is 11.5 Å². The number of nitrogens with zero attached hydrogens (tertiary/aromatic N) is 1. The number of Topliss-reactive ketones (excluding diaryl/α,β-unsaturated/α-hetero) is 1. The Bertz CT molecular complexity index is 1010. The van der Waals surface area contributed by atoms with Crippen LogP contribution in [0.4, 0.5) is 5.69 Å². The Balaban J connectivity index is 0.00000199. The van der Waals surface area contributed by atoms with Gasteiger partial charge in [-0.15, -0.1) is 0 Å². The van der Waals surface area contributed by atoms with Crippen LogP contribution >= 0.6 is 23.8 Å². The van der Waals surface area contributed by atoms with Gasteiger partial charge in [-0.3, -0.25) is 9.78 Å². The Morgan fingerprint density at radius 3 is 2.71 bits per heavy atom. The molecule has 1 aliphatic rings. The number of para-hydroxylation sites is 1. The van der Waals surface area contributed by atoms with E-state index in [2.05, 4.69) is 15.6 Å². The van der Waals surface area contributed by atoms with Gasteiger partial charge < -0.3 is 24.8 Å². The third-order valence-electron chi connectivity index (χ3n) is 4.96. The van der Waals surface area contributed by atoms with Crippen molar-refractivity contribution in [2.24, 2.45) is 0 Å². The Morgan fingerprint density at radius 1 is 1.18 bits per heavy atom. The van der Waals surface area contributed by atoms with Crippen LogP contribution in [-0.4, -0.2) is 43.2 Å². The van der Waals surface area contributed by atoms with E-state index in [1.165, 1.54) is 7.11 Å². The smallest absolute Gasteiger partial charge is 0.167 e. The number of halogens is 1. The summed E-state index contributed by atoms with van der Waals surface area (Å²) < 4.78 is 16.2. The summed E-state index contributed by atoms with van der Waals surface area (Å²) in [6.45, 7) is 5.38. The first kappa shape index (κ1) is 27.6. The molecule has 2 aromatic rings. The lowest BCUT2D eigenvalue weighted by Crippen LogP contribution is -2.29. The summed E-state index contributed by atoms with van der Waals surface area (Å²) in [6, 6.07) is 7.21. The molecule has 184 valence electrons. The van der Waals surface area contributed by atoms with E-state index in [4.69, 9.17) is 38.0 Å². The number of hydrogen-bond donors (Lipinski definition) is 2. The summed E-state index contributed by atoms with van der Waals surface area (Å²) >= 11 is 11.8. The van der Waals surface area contributed by atoms with Gasteiger partial charge in [0, 0.05) is 37.5 Å². The SMILES string of the molecule is CC.COCCOc1cnccc1CNC1=C(C(=S)Nc2cccc(Cl)c2OC)C(=O)CCC1. The zero-order valence-electron chi connectivity index (χ0n) is 20.1. The van der Waals surface area contributed by atoms with Crippen molar-refractivity contribution in [3.63, 3.8) is 0 Å². The molecule has 0 fully saturated rings. The van der Waals surface area contributed by atoms with Gasteiger partial charge in [-0.1, -0.05) is 43.7 Å². The van der Waals surface area contributed by atoms with Crippen molar-refractivity contribution in [1.29, 1.82) is 0 Å². The first-order chi connectivity index (χ1) is 16.5. The molecule has 34 heavy (non-hydrogen) atoms. The molecule has 9 heteroatoms. The lowest BCUT2D eigenvalue weighted by Gasteiger charge is -2.23. The zero-order valence-corrected chi connectivity index (χ0v) is 21.6. The molecule has 0 bridgehead atoms. The van der Waals surface area contributed by atoms with Crippen LogP contribution in [0.3, 0.4) is 0 Å². The van der Waals surface area contributed by atoms with Gasteiger partial charge in [-0.05, 0) is 31.0 Å². The monoisotopic (exact) mass is 505 g/mol. The van der Waals surface area contributed by atoms with Crippen molar-refractivity contribution >= 4 is 40.3 Å². The van der Waals surface area contributed by atoms with Gasteiger partial charge in [-0.25, -0.2) is 0 Å². The summed E-state index contributed by atoms with van der Waals surface area (Å²) in [7, 11) is 3.16. The number of thiocarbonyl (C=S) groups is 1. The highest BCUT2D eigenvalue weighted by atomic mass is 35.5. The predicted octanol–water partition coefficient (Wildman–Crippen LogP) is 5.33. The van der Waals surface area contributed by atoms with E-state index in [9.17, 15) is 4.79 Å². The lowest BCUT2D eigenvalue weighted by molar-refractivity contribution is -0.115. The molecule has 0 aliphatic heterocycles. The molecule has 2 N–H and O–H groups in total. The summed E-state index contributed by atoms with van der Waals surface area (Å²) in [5.41, 5.74) is 2.83. The number of carbonyl (C=O) groups is 1. The number of rotatable bonds is 10. The second-order valence-corrected chi connectivity index (χ2v) is 7.90. The minimum Gasteiger partial charge on any atom is -0.493 e. The standard InChI is InChI=1S/C23H26ClN3O4S.C2H6/c1-29-11-12-31-20-14-25-10-9-15(20)13-26-17-6-4-8-19(28)21(17)23(32)27-18-7-3-5-16(24)22(18)30-2;1-2/h3,5,7,9-10,14,26H,4,6,8,11-13H2,1-2H3,(H,27,32);1-2H3. The second-order valence-electron chi connectivity index (χ2n) is 7.08. The molecular formula is C25H32ClN3O4S. The average molecular weight is 506 g/mol. The number of pyridine rings is 1. The number of anilines is 1. The molecule has 0 saturated carbocycles. The third-order valence-corrected chi connectivity index (χ3v) is 5.57. The number of aromatic nitrogens is 1. The predicted molar refractivity (Wildman–Crippen MR) is 140 cm³/mol. The van der Waals surface area contributed by atoms with Gasteiger partial charge in [0.2, 0.25) is 0 Å².